The molecule has 1 aliphatic rings. The molecule has 1 atom stereocenters. The van der Waals surface area contributed by atoms with Crippen LogP contribution in [0.15, 0.2) is 29.2 Å². The number of likely N-dealkylation sites (tertiary alicyclic amines) is 1. The molecular weight excluding hydrogens is 292 g/mol. The molecule has 7 heteroatoms. The number of amides is 2. The smallest absolute Gasteiger partial charge is 0.253 e. The number of sulfone groups is 1. The van der Waals surface area contributed by atoms with Crippen molar-refractivity contribution in [3.8, 4) is 0 Å². The number of carbonyl (C=O) groups excluding carboxylic acids is 2. The third kappa shape index (κ3) is 3.60. The largest absolute Gasteiger partial charge is 0.369 e. The highest BCUT2D eigenvalue weighted by molar-refractivity contribution is 7.90. The van der Waals surface area contributed by atoms with Crippen molar-refractivity contribution in [1.29, 1.82) is 0 Å². The Morgan fingerprint density at radius 3 is 2.38 bits per heavy atom. The van der Waals surface area contributed by atoms with Crippen molar-refractivity contribution in [2.75, 3.05) is 19.3 Å². The molecule has 1 aliphatic heterocycles. The van der Waals surface area contributed by atoms with Gasteiger partial charge < -0.3 is 10.6 Å². The van der Waals surface area contributed by atoms with E-state index in [9.17, 15) is 18.0 Å². The minimum Gasteiger partial charge on any atom is -0.369 e. The molecule has 2 amide bonds. The number of benzene rings is 1. The Bertz CT molecular complexity index is 652. The summed E-state index contributed by atoms with van der Waals surface area (Å²) in [5, 5.41) is 0. The molecular formula is C14H18N2O4S. The van der Waals surface area contributed by atoms with E-state index in [0.717, 1.165) is 12.7 Å². The average Bonchev–Trinajstić information content (AvgIpc) is 2.46. The second-order valence-corrected chi connectivity index (χ2v) is 7.30. The molecule has 1 unspecified atom stereocenters. The average molecular weight is 310 g/mol. The van der Waals surface area contributed by atoms with Crippen molar-refractivity contribution in [1.82, 2.24) is 4.90 Å². The summed E-state index contributed by atoms with van der Waals surface area (Å²) in [4.78, 5) is 25.4. The van der Waals surface area contributed by atoms with Gasteiger partial charge in [-0.05, 0) is 37.1 Å². The van der Waals surface area contributed by atoms with Crippen LogP contribution in [-0.4, -0.2) is 44.5 Å². The second kappa shape index (κ2) is 5.85. The van der Waals surface area contributed by atoms with Gasteiger partial charge in [0, 0.05) is 24.9 Å². The Kier molecular flexibility index (Phi) is 4.32. The number of rotatable bonds is 3. The first-order valence-electron chi connectivity index (χ1n) is 6.68. The van der Waals surface area contributed by atoms with Gasteiger partial charge in [0.2, 0.25) is 5.91 Å². The number of piperidine rings is 1. The third-order valence-corrected chi connectivity index (χ3v) is 4.77. The van der Waals surface area contributed by atoms with Crippen molar-refractivity contribution in [2.24, 2.45) is 11.7 Å². The van der Waals surface area contributed by atoms with Gasteiger partial charge >= 0.3 is 0 Å². The Hall–Kier alpha value is -1.89. The van der Waals surface area contributed by atoms with E-state index < -0.39 is 9.84 Å². The van der Waals surface area contributed by atoms with Crippen LogP contribution in [0.5, 0.6) is 0 Å². The van der Waals surface area contributed by atoms with Gasteiger partial charge in [0.05, 0.1) is 10.8 Å². The van der Waals surface area contributed by atoms with E-state index in [4.69, 9.17) is 5.73 Å². The number of carbonyl (C=O) groups is 2. The predicted octanol–water partition coefficient (Wildman–Crippen LogP) is 0.428. The fourth-order valence-electron chi connectivity index (χ4n) is 2.42. The van der Waals surface area contributed by atoms with Gasteiger partial charge in [-0.25, -0.2) is 8.42 Å². The van der Waals surface area contributed by atoms with E-state index in [2.05, 4.69) is 0 Å². The molecule has 1 saturated heterocycles. The number of hydrogen-bond acceptors (Lipinski definition) is 4. The van der Waals surface area contributed by atoms with Crippen LogP contribution in [0.3, 0.4) is 0 Å². The van der Waals surface area contributed by atoms with Gasteiger partial charge in [0.25, 0.3) is 5.91 Å². The fraction of sp³-hybridized carbons (Fsp3) is 0.429. The summed E-state index contributed by atoms with van der Waals surface area (Å²) >= 11 is 0. The molecule has 1 aromatic carbocycles. The van der Waals surface area contributed by atoms with Gasteiger partial charge in [-0.15, -0.1) is 0 Å². The first-order chi connectivity index (χ1) is 9.79. The number of nitrogens with zero attached hydrogens (tertiary/aromatic N) is 1. The van der Waals surface area contributed by atoms with E-state index in [1.54, 1.807) is 4.90 Å². The molecule has 0 saturated carbocycles. The monoisotopic (exact) mass is 310 g/mol. The maximum Gasteiger partial charge on any atom is 0.253 e. The maximum atomic E-state index is 12.4. The molecule has 1 heterocycles. The molecule has 0 radical (unpaired) electrons. The minimum absolute atomic E-state index is 0.174. The lowest BCUT2D eigenvalue weighted by Gasteiger charge is -2.31. The summed E-state index contributed by atoms with van der Waals surface area (Å²) in [5.41, 5.74) is 5.70. The van der Waals surface area contributed by atoms with Gasteiger partial charge in [-0.3, -0.25) is 9.59 Å². The van der Waals surface area contributed by atoms with Crippen LogP contribution >= 0.6 is 0 Å². The van der Waals surface area contributed by atoms with Crippen molar-refractivity contribution < 1.29 is 18.0 Å². The SMILES string of the molecule is CS(=O)(=O)c1ccc(C(=O)N2CCCC(C(N)=O)C2)cc1. The van der Waals surface area contributed by atoms with Crippen molar-refractivity contribution in [3.05, 3.63) is 29.8 Å². The van der Waals surface area contributed by atoms with Gasteiger partial charge in [0.15, 0.2) is 9.84 Å². The molecule has 1 aromatic rings. The zero-order valence-electron chi connectivity index (χ0n) is 11.8. The predicted molar refractivity (Wildman–Crippen MR) is 77.4 cm³/mol. The quantitative estimate of drug-likeness (QED) is 0.875. The normalized spacial score (nSPS) is 19.3. The van der Waals surface area contributed by atoms with Gasteiger partial charge in [-0.2, -0.15) is 0 Å². The van der Waals surface area contributed by atoms with Crippen LogP contribution in [0.4, 0.5) is 0 Å². The summed E-state index contributed by atoms with van der Waals surface area (Å²) in [6.45, 7) is 0.901. The van der Waals surface area contributed by atoms with Crippen molar-refractivity contribution in [3.63, 3.8) is 0 Å². The Labute approximate surface area is 123 Å². The molecule has 0 aliphatic carbocycles. The maximum absolute atomic E-state index is 12.4. The number of nitrogens with two attached hydrogens (primary N) is 1. The van der Waals surface area contributed by atoms with Crippen LogP contribution < -0.4 is 5.73 Å². The van der Waals surface area contributed by atoms with E-state index >= 15 is 0 Å². The van der Waals surface area contributed by atoms with E-state index in [1.807, 2.05) is 0 Å². The van der Waals surface area contributed by atoms with E-state index in [1.165, 1.54) is 24.3 Å². The highest BCUT2D eigenvalue weighted by Crippen LogP contribution is 2.19. The van der Waals surface area contributed by atoms with Gasteiger partial charge in [0.1, 0.15) is 0 Å². The summed E-state index contributed by atoms with van der Waals surface area (Å²) in [7, 11) is -3.28. The molecule has 0 bridgehead atoms. The van der Waals surface area contributed by atoms with Crippen molar-refractivity contribution >= 4 is 21.7 Å². The Morgan fingerprint density at radius 2 is 1.86 bits per heavy atom. The number of primary amides is 1. The van der Waals surface area contributed by atoms with Crippen molar-refractivity contribution in [2.45, 2.75) is 17.7 Å². The van der Waals surface area contributed by atoms with Crippen LogP contribution in [0.2, 0.25) is 0 Å². The third-order valence-electron chi connectivity index (χ3n) is 3.64. The standard InChI is InChI=1S/C14H18N2O4S/c1-21(19,20)12-6-4-10(5-7-12)14(18)16-8-2-3-11(9-16)13(15)17/h4-7,11H,2-3,8-9H2,1H3,(H2,15,17). The molecule has 2 N–H and O–H groups in total. The topological polar surface area (TPSA) is 97.5 Å². The molecule has 6 nitrogen and oxygen atoms in total. The molecule has 0 aromatic heterocycles. The zero-order valence-corrected chi connectivity index (χ0v) is 12.6. The zero-order chi connectivity index (χ0) is 15.6. The van der Waals surface area contributed by atoms with E-state index in [0.29, 0.717) is 25.1 Å². The summed E-state index contributed by atoms with van der Waals surface area (Å²) in [6.07, 6.45) is 2.55. The van der Waals surface area contributed by atoms with Crippen LogP contribution in [0, 0.1) is 5.92 Å². The molecule has 114 valence electrons. The molecule has 21 heavy (non-hydrogen) atoms. The number of hydrogen-bond donors (Lipinski definition) is 1. The summed E-state index contributed by atoms with van der Waals surface area (Å²) in [5.74, 6) is -0.904. The van der Waals surface area contributed by atoms with E-state index in [-0.39, 0.29) is 22.6 Å². The molecule has 2 rings (SSSR count). The van der Waals surface area contributed by atoms with Gasteiger partial charge in [-0.1, -0.05) is 0 Å². The van der Waals surface area contributed by atoms with Crippen LogP contribution in [0.1, 0.15) is 23.2 Å². The summed E-state index contributed by atoms with van der Waals surface area (Å²) in [6, 6.07) is 5.81. The lowest BCUT2D eigenvalue weighted by Crippen LogP contribution is -2.44. The Balaban J connectivity index is 2.14. The highest BCUT2D eigenvalue weighted by Gasteiger charge is 2.27. The van der Waals surface area contributed by atoms with Crippen LogP contribution in [0.25, 0.3) is 0 Å². The fourth-order valence-corrected chi connectivity index (χ4v) is 3.05. The first-order valence-corrected chi connectivity index (χ1v) is 8.57. The first kappa shape index (κ1) is 15.5. The second-order valence-electron chi connectivity index (χ2n) is 5.29. The lowest BCUT2D eigenvalue weighted by atomic mass is 9.97. The molecule has 1 fully saturated rings. The van der Waals surface area contributed by atoms with Crippen LogP contribution in [-0.2, 0) is 14.6 Å². The molecule has 0 spiro atoms. The highest BCUT2D eigenvalue weighted by atomic mass is 32.2. The summed E-state index contributed by atoms with van der Waals surface area (Å²) < 4.78 is 22.8. The minimum atomic E-state index is -3.28. The Morgan fingerprint density at radius 1 is 1.24 bits per heavy atom. The lowest BCUT2D eigenvalue weighted by molar-refractivity contribution is -0.123.